The van der Waals surface area contributed by atoms with Gasteiger partial charge in [0.15, 0.2) is 0 Å². The van der Waals surface area contributed by atoms with E-state index in [0.29, 0.717) is 0 Å². The first-order chi connectivity index (χ1) is 8.70. The molecule has 1 amide bonds. The SMILES string of the molecule is CCc1ccc(NC(C)=O)c(-c2ccccc2)c1. The normalized spacial score (nSPS) is 10.1. The third-order valence-electron chi connectivity index (χ3n) is 2.89. The number of aryl methyl sites for hydroxylation is 1. The zero-order chi connectivity index (χ0) is 13.0. The van der Waals surface area contributed by atoms with Gasteiger partial charge in [0.1, 0.15) is 0 Å². The molecular weight excluding hydrogens is 222 g/mol. The van der Waals surface area contributed by atoms with Crippen molar-refractivity contribution in [1.29, 1.82) is 0 Å². The summed E-state index contributed by atoms with van der Waals surface area (Å²) in [4.78, 5) is 11.2. The van der Waals surface area contributed by atoms with Gasteiger partial charge in [-0.1, -0.05) is 43.3 Å². The van der Waals surface area contributed by atoms with Gasteiger partial charge in [0.2, 0.25) is 5.91 Å². The van der Waals surface area contributed by atoms with Crippen LogP contribution < -0.4 is 5.32 Å². The summed E-state index contributed by atoms with van der Waals surface area (Å²) in [7, 11) is 0. The zero-order valence-corrected chi connectivity index (χ0v) is 10.7. The van der Waals surface area contributed by atoms with E-state index in [-0.39, 0.29) is 5.91 Å². The summed E-state index contributed by atoms with van der Waals surface area (Å²) in [6, 6.07) is 16.3. The summed E-state index contributed by atoms with van der Waals surface area (Å²) in [6.07, 6.45) is 0.986. The Hall–Kier alpha value is -2.09. The van der Waals surface area contributed by atoms with Crippen molar-refractivity contribution in [2.24, 2.45) is 0 Å². The highest BCUT2D eigenvalue weighted by Crippen LogP contribution is 2.29. The molecule has 1 N–H and O–H groups in total. The third-order valence-corrected chi connectivity index (χ3v) is 2.89. The van der Waals surface area contributed by atoms with Crippen molar-refractivity contribution in [2.45, 2.75) is 20.3 Å². The molecule has 0 atom stereocenters. The van der Waals surface area contributed by atoms with E-state index in [9.17, 15) is 4.79 Å². The topological polar surface area (TPSA) is 29.1 Å². The van der Waals surface area contributed by atoms with Crippen LogP contribution in [0.15, 0.2) is 48.5 Å². The van der Waals surface area contributed by atoms with Crippen LogP contribution in [0.2, 0.25) is 0 Å². The third kappa shape index (κ3) is 2.77. The Balaban J connectivity index is 2.51. The molecule has 0 saturated heterocycles. The Morgan fingerprint density at radius 2 is 1.83 bits per heavy atom. The van der Waals surface area contributed by atoms with Crippen molar-refractivity contribution in [1.82, 2.24) is 0 Å². The van der Waals surface area contributed by atoms with E-state index >= 15 is 0 Å². The fourth-order valence-corrected chi connectivity index (χ4v) is 1.97. The van der Waals surface area contributed by atoms with Crippen LogP contribution in [0.4, 0.5) is 5.69 Å². The van der Waals surface area contributed by atoms with E-state index in [2.05, 4.69) is 36.5 Å². The van der Waals surface area contributed by atoms with Crippen molar-refractivity contribution in [3.05, 3.63) is 54.1 Å². The van der Waals surface area contributed by atoms with Gasteiger partial charge in [-0.2, -0.15) is 0 Å². The predicted octanol–water partition coefficient (Wildman–Crippen LogP) is 3.87. The summed E-state index contributed by atoms with van der Waals surface area (Å²) in [5.41, 5.74) is 4.33. The number of amides is 1. The summed E-state index contributed by atoms with van der Waals surface area (Å²) in [5.74, 6) is -0.0450. The number of anilines is 1. The van der Waals surface area contributed by atoms with Crippen LogP contribution in [-0.4, -0.2) is 5.91 Å². The molecule has 2 aromatic carbocycles. The summed E-state index contributed by atoms with van der Waals surface area (Å²) >= 11 is 0. The molecule has 0 radical (unpaired) electrons. The average Bonchev–Trinajstić information content (AvgIpc) is 2.39. The number of nitrogens with one attached hydrogen (secondary N) is 1. The fourth-order valence-electron chi connectivity index (χ4n) is 1.97. The lowest BCUT2D eigenvalue weighted by Crippen LogP contribution is -2.07. The zero-order valence-electron chi connectivity index (χ0n) is 10.7. The maximum absolute atomic E-state index is 11.2. The molecule has 0 unspecified atom stereocenters. The summed E-state index contributed by atoms with van der Waals surface area (Å²) in [5, 5.41) is 2.88. The quantitative estimate of drug-likeness (QED) is 0.865. The smallest absolute Gasteiger partial charge is 0.221 e. The molecule has 0 spiro atoms. The first-order valence-corrected chi connectivity index (χ1v) is 6.16. The minimum atomic E-state index is -0.0450. The van der Waals surface area contributed by atoms with E-state index in [0.717, 1.165) is 23.2 Å². The predicted molar refractivity (Wildman–Crippen MR) is 75.6 cm³/mol. The molecule has 0 aromatic heterocycles. The molecule has 0 saturated carbocycles. The molecule has 0 heterocycles. The second-order valence-electron chi connectivity index (χ2n) is 4.28. The number of carbonyl (C=O) groups excluding carboxylic acids is 1. The highest BCUT2D eigenvalue weighted by Gasteiger charge is 2.07. The number of hydrogen-bond acceptors (Lipinski definition) is 1. The average molecular weight is 239 g/mol. The second-order valence-corrected chi connectivity index (χ2v) is 4.28. The van der Waals surface area contributed by atoms with E-state index in [1.807, 2.05) is 24.3 Å². The number of hydrogen-bond donors (Lipinski definition) is 1. The maximum atomic E-state index is 11.2. The van der Waals surface area contributed by atoms with Gasteiger partial charge < -0.3 is 5.32 Å². The number of carbonyl (C=O) groups is 1. The molecule has 2 nitrogen and oxygen atoms in total. The van der Waals surface area contributed by atoms with Crippen LogP contribution >= 0.6 is 0 Å². The summed E-state index contributed by atoms with van der Waals surface area (Å²) < 4.78 is 0. The lowest BCUT2D eigenvalue weighted by molar-refractivity contribution is -0.114. The van der Waals surface area contributed by atoms with E-state index in [1.54, 1.807) is 0 Å². The second kappa shape index (κ2) is 5.50. The van der Waals surface area contributed by atoms with Crippen molar-refractivity contribution < 1.29 is 4.79 Å². The number of benzene rings is 2. The summed E-state index contributed by atoms with van der Waals surface area (Å²) in [6.45, 7) is 3.66. The van der Waals surface area contributed by atoms with E-state index in [1.165, 1.54) is 12.5 Å². The van der Waals surface area contributed by atoms with Crippen molar-refractivity contribution in [3.63, 3.8) is 0 Å². The Morgan fingerprint density at radius 1 is 1.11 bits per heavy atom. The molecule has 0 fully saturated rings. The van der Waals surface area contributed by atoms with Crippen molar-refractivity contribution in [3.8, 4) is 11.1 Å². The van der Waals surface area contributed by atoms with Gasteiger partial charge in [-0.25, -0.2) is 0 Å². The highest BCUT2D eigenvalue weighted by molar-refractivity contribution is 5.94. The van der Waals surface area contributed by atoms with Gasteiger partial charge in [0.05, 0.1) is 0 Å². The number of rotatable bonds is 3. The van der Waals surface area contributed by atoms with Crippen LogP contribution in [0.3, 0.4) is 0 Å². The minimum absolute atomic E-state index is 0.0450. The minimum Gasteiger partial charge on any atom is -0.326 e. The van der Waals surface area contributed by atoms with Gasteiger partial charge in [0, 0.05) is 18.2 Å². The van der Waals surface area contributed by atoms with Gasteiger partial charge in [0.25, 0.3) is 0 Å². The van der Waals surface area contributed by atoms with Crippen molar-refractivity contribution in [2.75, 3.05) is 5.32 Å². The van der Waals surface area contributed by atoms with Crippen LogP contribution in [0.25, 0.3) is 11.1 Å². The van der Waals surface area contributed by atoms with Gasteiger partial charge in [-0.15, -0.1) is 0 Å². The molecular formula is C16H17NO. The Bertz CT molecular complexity index is 546. The Kier molecular flexibility index (Phi) is 3.78. The molecule has 0 bridgehead atoms. The van der Waals surface area contributed by atoms with Crippen LogP contribution in [0, 0.1) is 0 Å². The Labute approximate surface area is 108 Å². The van der Waals surface area contributed by atoms with Gasteiger partial charge in [-0.05, 0) is 29.7 Å². The maximum Gasteiger partial charge on any atom is 0.221 e. The van der Waals surface area contributed by atoms with Gasteiger partial charge >= 0.3 is 0 Å². The molecule has 0 aliphatic heterocycles. The lowest BCUT2D eigenvalue weighted by atomic mass is 10.00. The fraction of sp³-hybridized carbons (Fsp3) is 0.188. The standard InChI is InChI=1S/C16H17NO/c1-3-13-9-10-16(17-12(2)18)15(11-13)14-7-5-4-6-8-14/h4-11H,3H2,1-2H3,(H,17,18). The van der Waals surface area contributed by atoms with Gasteiger partial charge in [-0.3, -0.25) is 4.79 Å². The molecule has 2 heteroatoms. The molecule has 2 aromatic rings. The van der Waals surface area contributed by atoms with Crippen LogP contribution in [0.5, 0.6) is 0 Å². The molecule has 18 heavy (non-hydrogen) atoms. The molecule has 92 valence electrons. The first kappa shape index (κ1) is 12.4. The van der Waals surface area contributed by atoms with E-state index in [4.69, 9.17) is 0 Å². The molecule has 2 rings (SSSR count). The van der Waals surface area contributed by atoms with Crippen LogP contribution in [0.1, 0.15) is 19.4 Å². The first-order valence-electron chi connectivity index (χ1n) is 6.16. The largest absolute Gasteiger partial charge is 0.326 e. The molecule has 0 aliphatic carbocycles. The lowest BCUT2D eigenvalue weighted by Gasteiger charge is -2.12. The Morgan fingerprint density at radius 3 is 2.44 bits per heavy atom. The monoisotopic (exact) mass is 239 g/mol. The highest BCUT2D eigenvalue weighted by atomic mass is 16.1. The van der Waals surface area contributed by atoms with Crippen molar-refractivity contribution >= 4 is 11.6 Å². The molecule has 0 aliphatic rings. The van der Waals surface area contributed by atoms with Crippen LogP contribution in [-0.2, 0) is 11.2 Å². The van der Waals surface area contributed by atoms with E-state index < -0.39 is 0 Å².